The van der Waals surface area contributed by atoms with Crippen molar-refractivity contribution in [1.29, 1.82) is 0 Å². The van der Waals surface area contributed by atoms with Gasteiger partial charge < -0.3 is 30.8 Å². The molecule has 2 atom stereocenters. The zero-order valence-electron chi connectivity index (χ0n) is 25.8. The standard InChI is InChI=1S/C33H41N7O5/c1-3-21(2)29-31(43)36-14-6-18-40-27-20-23(10-11-25(27)37-33(40)45)30(42)35-13-5-17-39(16-4-7-28(41)38-29)32(44)24-9-8-22-12-15-34-26(22)19-24/h8-12,15,19-21,29,34H,3-7,13-14,16-18H2,1-2H3,(H,35,42)(H,36,43)(H,37,45)(H,38,41)/t21-,29-/m0/s1. The highest BCUT2D eigenvalue weighted by Gasteiger charge is 2.26. The van der Waals surface area contributed by atoms with Crippen molar-refractivity contribution in [1.82, 2.24) is 35.4 Å². The van der Waals surface area contributed by atoms with E-state index in [1.54, 1.807) is 33.7 Å². The molecule has 238 valence electrons. The monoisotopic (exact) mass is 615 g/mol. The van der Waals surface area contributed by atoms with Crippen LogP contribution in [0.25, 0.3) is 21.9 Å². The predicted octanol–water partition coefficient (Wildman–Crippen LogP) is 2.90. The molecule has 4 amide bonds. The Hall–Kier alpha value is -4.87. The van der Waals surface area contributed by atoms with Crippen LogP contribution in [0.3, 0.4) is 0 Å². The Bertz CT molecular complexity index is 1750. The average Bonchev–Trinajstić information content (AvgIpc) is 3.64. The molecule has 2 aromatic heterocycles. The van der Waals surface area contributed by atoms with Crippen LogP contribution in [0.2, 0.25) is 0 Å². The Morgan fingerprint density at radius 3 is 2.51 bits per heavy atom. The lowest BCUT2D eigenvalue weighted by molar-refractivity contribution is -0.130. The maximum Gasteiger partial charge on any atom is 0.326 e. The zero-order chi connectivity index (χ0) is 31.9. The number of carbonyl (C=O) groups excluding carboxylic acids is 4. The first-order valence-electron chi connectivity index (χ1n) is 15.7. The molecule has 5 N–H and O–H groups in total. The summed E-state index contributed by atoms with van der Waals surface area (Å²) in [5.74, 6) is -1.06. The van der Waals surface area contributed by atoms with Gasteiger partial charge in [-0.1, -0.05) is 26.3 Å². The smallest absolute Gasteiger partial charge is 0.326 e. The molecule has 2 aromatic carbocycles. The third-order valence-electron chi connectivity index (χ3n) is 8.52. The minimum absolute atomic E-state index is 0.0868. The third-order valence-corrected chi connectivity index (χ3v) is 8.52. The number of fused-ring (bicyclic) bond motifs is 2. The fraction of sp³-hybridized carbons (Fsp3) is 0.424. The van der Waals surface area contributed by atoms with Gasteiger partial charge in [-0.2, -0.15) is 0 Å². The molecule has 0 saturated heterocycles. The van der Waals surface area contributed by atoms with Crippen molar-refractivity contribution >= 4 is 45.6 Å². The number of hydrogen-bond donors (Lipinski definition) is 5. The molecule has 3 heterocycles. The van der Waals surface area contributed by atoms with Crippen molar-refractivity contribution in [3.8, 4) is 0 Å². The van der Waals surface area contributed by atoms with Crippen molar-refractivity contribution in [2.24, 2.45) is 5.92 Å². The van der Waals surface area contributed by atoms with E-state index in [-0.39, 0.29) is 41.7 Å². The van der Waals surface area contributed by atoms with Gasteiger partial charge in [0.2, 0.25) is 11.8 Å². The van der Waals surface area contributed by atoms with E-state index in [0.717, 1.165) is 10.9 Å². The summed E-state index contributed by atoms with van der Waals surface area (Å²) in [5.41, 5.74) is 2.73. The molecule has 1 aliphatic rings. The van der Waals surface area contributed by atoms with Crippen molar-refractivity contribution in [2.45, 2.75) is 58.5 Å². The molecule has 12 heteroatoms. The van der Waals surface area contributed by atoms with Crippen molar-refractivity contribution in [2.75, 3.05) is 26.2 Å². The molecule has 1 aliphatic heterocycles. The fourth-order valence-corrected chi connectivity index (χ4v) is 5.70. The summed E-state index contributed by atoms with van der Waals surface area (Å²) in [4.78, 5) is 73.1. The van der Waals surface area contributed by atoms with Crippen LogP contribution in [0.1, 0.15) is 66.7 Å². The van der Waals surface area contributed by atoms with Gasteiger partial charge in [0, 0.05) is 62.0 Å². The molecule has 45 heavy (non-hydrogen) atoms. The van der Waals surface area contributed by atoms with E-state index in [0.29, 0.717) is 80.6 Å². The van der Waals surface area contributed by atoms with Gasteiger partial charge in [-0.05, 0) is 67.0 Å². The van der Waals surface area contributed by atoms with Crippen LogP contribution < -0.4 is 21.6 Å². The Labute approximate surface area is 260 Å². The highest BCUT2D eigenvalue weighted by atomic mass is 16.2. The fourth-order valence-electron chi connectivity index (χ4n) is 5.70. The van der Waals surface area contributed by atoms with Gasteiger partial charge in [-0.25, -0.2) is 4.79 Å². The van der Waals surface area contributed by atoms with E-state index < -0.39 is 6.04 Å². The second-order valence-electron chi connectivity index (χ2n) is 11.7. The summed E-state index contributed by atoms with van der Waals surface area (Å²) in [6.07, 6.45) is 4.07. The summed E-state index contributed by atoms with van der Waals surface area (Å²) in [6.45, 7) is 5.59. The Morgan fingerprint density at radius 1 is 0.911 bits per heavy atom. The van der Waals surface area contributed by atoms with E-state index in [9.17, 15) is 24.0 Å². The van der Waals surface area contributed by atoms with Gasteiger partial charge in [-0.15, -0.1) is 0 Å². The van der Waals surface area contributed by atoms with E-state index >= 15 is 0 Å². The summed E-state index contributed by atoms with van der Waals surface area (Å²) in [6, 6.07) is 11.8. The molecule has 2 bridgehead atoms. The van der Waals surface area contributed by atoms with Gasteiger partial charge in [0.25, 0.3) is 11.8 Å². The van der Waals surface area contributed by atoms with Gasteiger partial charge in [0.05, 0.1) is 11.0 Å². The second kappa shape index (κ2) is 14.3. The van der Waals surface area contributed by atoms with Gasteiger partial charge in [0.15, 0.2) is 0 Å². The number of aryl methyl sites for hydroxylation is 1. The highest BCUT2D eigenvalue weighted by molar-refractivity contribution is 5.98. The SMILES string of the molecule is CC[C@H](C)[C@@H]1NC(=O)CCCN(C(=O)c2ccc3cc[nH]c3c2)CCCNC(=O)c2ccc3[nH]c(=O)n(c3c2)CCCNC1=O. The molecule has 0 saturated carbocycles. The normalized spacial score (nSPS) is 18.7. The molecule has 0 unspecified atom stereocenters. The molecule has 0 radical (unpaired) electrons. The largest absolute Gasteiger partial charge is 0.361 e. The molecule has 0 aliphatic carbocycles. The predicted molar refractivity (Wildman–Crippen MR) is 172 cm³/mol. The first-order chi connectivity index (χ1) is 21.7. The Balaban J connectivity index is 1.37. The number of nitrogens with one attached hydrogen (secondary N) is 5. The maximum absolute atomic E-state index is 13.6. The molecular weight excluding hydrogens is 574 g/mol. The van der Waals surface area contributed by atoms with Gasteiger partial charge in [0.1, 0.15) is 6.04 Å². The van der Waals surface area contributed by atoms with Crippen molar-refractivity contribution < 1.29 is 19.2 Å². The van der Waals surface area contributed by atoms with E-state index in [4.69, 9.17) is 0 Å². The minimum atomic E-state index is -0.697. The van der Waals surface area contributed by atoms with Crippen molar-refractivity contribution in [3.05, 3.63) is 70.3 Å². The van der Waals surface area contributed by atoms with E-state index in [1.807, 2.05) is 38.2 Å². The van der Waals surface area contributed by atoms with E-state index in [1.165, 1.54) is 0 Å². The Morgan fingerprint density at radius 2 is 1.69 bits per heavy atom. The lowest BCUT2D eigenvalue weighted by atomic mass is 9.98. The van der Waals surface area contributed by atoms with Crippen LogP contribution in [0.4, 0.5) is 0 Å². The number of H-pyrrole nitrogens is 2. The Kier molecular flexibility index (Phi) is 10.0. The van der Waals surface area contributed by atoms with Crippen LogP contribution in [-0.4, -0.2) is 75.3 Å². The number of carbonyl (C=O) groups is 4. The number of benzene rings is 2. The van der Waals surface area contributed by atoms with Crippen LogP contribution in [0, 0.1) is 5.92 Å². The number of hydrogen-bond acceptors (Lipinski definition) is 5. The summed E-state index contributed by atoms with van der Waals surface area (Å²) in [5, 5.41) is 9.74. The summed E-state index contributed by atoms with van der Waals surface area (Å²) in [7, 11) is 0. The number of aromatic nitrogens is 3. The number of aromatic amines is 2. The van der Waals surface area contributed by atoms with Crippen molar-refractivity contribution in [3.63, 3.8) is 0 Å². The number of amides is 4. The van der Waals surface area contributed by atoms with Crippen LogP contribution in [0.5, 0.6) is 0 Å². The quantitative estimate of drug-likeness (QED) is 0.239. The molecular formula is C33H41N7O5. The summed E-state index contributed by atoms with van der Waals surface area (Å²) < 4.78 is 1.56. The lowest BCUT2D eigenvalue weighted by Crippen LogP contribution is -2.50. The number of imidazole rings is 1. The van der Waals surface area contributed by atoms with Gasteiger partial charge in [-0.3, -0.25) is 23.7 Å². The minimum Gasteiger partial charge on any atom is -0.361 e. The molecule has 4 aromatic rings. The third kappa shape index (κ3) is 7.44. The topological polar surface area (TPSA) is 161 Å². The second-order valence-corrected chi connectivity index (χ2v) is 11.7. The lowest BCUT2D eigenvalue weighted by Gasteiger charge is -2.25. The van der Waals surface area contributed by atoms with Crippen LogP contribution in [-0.2, 0) is 16.1 Å². The maximum atomic E-state index is 13.6. The molecule has 12 nitrogen and oxygen atoms in total. The molecule has 0 fully saturated rings. The van der Waals surface area contributed by atoms with Crippen LogP contribution in [0.15, 0.2) is 53.5 Å². The summed E-state index contributed by atoms with van der Waals surface area (Å²) >= 11 is 0. The first-order valence-corrected chi connectivity index (χ1v) is 15.7. The number of rotatable bonds is 3. The molecule has 0 spiro atoms. The van der Waals surface area contributed by atoms with Crippen LogP contribution >= 0.6 is 0 Å². The number of nitrogens with zero attached hydrogens (tertiary/aromatic N) is 2. The van der Waals surface area contributed by atoms with E-state index in [2.05, 4.69) is 25.9 Å². The zero-order valence-corrected chi connectivity index (χ0v) is 25.8. The first kappa shape index (κ1) is 31.6. The average molecular weight is 616 g/mol. The highest BCUT2D eigenvalue weighted by Crippen LogP contribution is 2.17. The van der Waals surface area contributed by atoms with Gasteiger partial charge >= 0.3 is 5.69 Å². The molecule has 5 rings (SSSR count).